The highest BCUT2D eigenvalue weighted by molar-refractivity contribution is 5.70. The molecule has 0 spiro atoms. The lowest BCUT2D eigenvalue weighted by Crippen LogP contribution is -2.30. The predicted molar refractivity (Wildman–Crippen MR) is 108 cm³/mol. The molecule has 0 amide bonds. The zero-order chi connectivity index (χ0) is 19.5. The van der Waals surface area contributed by atoms with Crippen molar-refractivity contribution in [1.29, 1.82) is 0 Å². The molecule has 1 atom stereocenters. The monoisotopic (exact) mass is 382 g/mol. The van der Waals surface area contributed by atoms with Crippen molar-refractivity contribution in [3.05, 3.63) is 41.7 Å². The first-order chi connectivity index (χ1) is 13.6. The summed E-state index contributed by atoms with van der Waals surface area (Å²) in [6.45, 7) is 6.12. The van der Waals surface area contributed by atoms with Crippen LogP contribution in [-0.2, 0) is 11.3 Å². The summed E-state index contributed by atoms with van der Waals surface area (Å²) in [5.41, 5.74) is 2.30. The predicted octanol–water partition coefficient (Wildman–Crippen LogP) is 3.16. The van der Waals surface area contributed by atoms with Crippen molar-refractivity contribution in [3.63, 3.8) is 0 Å². The van der Waals surface area contributed by atoms with Gasteiger partial charge in [-0.15, -0.1) is 15.3 Å². The minimum absolute atomic E-state index is 0.196. The van der Waals surface area contributed by atoms with Crippen LogP contribution >= 0.6 is 0 Å². The summed E-state index contributed by atoms with van der Waals surface area (Å²) in [4.78, 5) is 0. The lowest BCUT2D eigenvalue weighted by molar-refractivity contribution is 0.0875. The molecular weight excluding hydrogens is 356 g/mol. The van der Waals surface area contributed by atoms with Crippen molar-refractivity contribution in [2.75, 3.05) is 23.8 Å². The number of hydrogen-bond donors (Lipinski definition) is 3. The van der Waals surface area contributed by atoms with E-state index in [1.54, 1.807) is 10.6 Å². The van der Waals surface area contributed by atoms with Gasteiger partial charge in [0.25, 0.3) is 0 Å². The van der Waals surface area contributed by atoms with Crippen LogP contribution < -0.4 is 10.6 Å². The lowest BCUT2D eigenvalue weighted by Gasteiger charge is -2.24. The third-order valence-electron chi connectivity index (χ3n) is 4.88. The molecule has 1 saturated heterocycles. The van der Waals surface area contributed by atoms with Gasteiger partial charge in [0.05, 0.1) is 18.3 Å². The van der Waals surface area contributed by atoms with E-state index in [9.17, 15) is 5.11 Å². The topological polar surface area (TPSA) is 96.6 Å². The third kappa shape index (κ3) is 3.87. The minimum atomic E-state index is 0.196. The van der Waals surface area contributed by atoms with Crippen molar-refractivity contribution in [1.82, 2.24) is 19.8 Å². The van der Waals surface area contributed by atoms with Crippen LogP contribution in [0.1, 0.15) is 44.0 Å². The average Bonchev–Trinajstić information content (AvgIpc) is 3.12. The number of aromatic nitrogens is 4. The second-order valence-electron chi connectivity index (χ2n) is 7.43. The number of nitrogens with one attached hydrogen (secondary N) is 2. The molecule has 3 aromatic rings. The summed E-state index contributed by atoms with van der Waals surface area (Å²) < 4.78 is 7.37. The maximum atomic E-state index is 10.0. The van der Waals surface area contributed by atoms with Gasteiger partial charge in [-0.2, -0.15) is 4.52 Å². The minimum Gasteiger partial charge on any atom is -0.508 e. The Morgan fingerprint density at radius 3 is 2.89 bits per heavy atom. The highest BCUT2D eigenvalue weighted by Gasteiger charge is 2.18. The number of para-hydroxylation sites is 1. The summed E-state index contributed by atoms with van der Waals surface area (Å²) in [6, 6.07) is 9.48. The molecule has 0 bridgehead atoms. The van der Waals surface area contributed by atoms with Crippen LogP contribution in [0.3, 0.4) is 0 Å². The van der Waals surface area contributed by atoms with Crippen molar-refractivity contribution >= 4 is 17.2 Å². The molecule has 148 valence electrons. The number of benzene rings is 1. The van der Waals surface area contributed by atoms with E-state index in [4.69, 9.17) is 9.84 Å². The number of anilines is 2. The number of aromatic hydroxyl groups is 1. The Morgan fingerprint density at radius 2 is 2.14 bits per heavy atom. The fraction of sp³-hybridized carbons (Fsp3) is 0.450. The Balaban J connectivity index is 1.65. The van der Waals surface area contributed by atoms with E-state index in [1.807, 2.05) is 24.3 Å². The largest absolute Gasteiger partial charge is 0.508 e. The molecule has 3 heterocycles. The summed E-state index contributed by atoms with van der Waals surface area (Å²) in [6.07, 6.45) is 2.10. The van der Waals surface area contributed by atoms with Gasteiger partial charge in [0.2, 0.25) is 5.65 Å². The van der Waals surface area contributed by atoms with Gasteiger partial charge in [0.1, 0.15) is 11.6 Å². The van der Waals surface area contributed by atoms with Crippen LogP contribution in [0.4, 0.5) is 11.5 Å². The summed E-state index contributed by atoms with van der Waals surface area (Å²) in [7, 11) is 0. The van der Waals surface area contributed by atoms with E-state index in [0.717, 1.165) is 42.3 Å². The number of phenols is 1. The second kappa shape index (κ2) is 8.02. The molecule has 2 aromatic heterocycles. The summed E-state index contributed by atoms with van der Waals surface area (Å²) >= 11 is 0. The van der Waals surface area contributed by atoms with Crippen molar-refractivity contribution in [2.45, 2.75) is 45.2 Å². The average molecular weight is 382 g/mol. The van der Waals surface area contributed by atoms with Crippen molar-refractivity contribution in [3.8, 4) is 5.75 Å². The number of ether oxygens (including phenoxy) is 1. The van der Waals surface area contributed by atoms with Gasteiger partial charge >= 0.3 is 0 Å². The van der Waals surface area contributed by atoms with Gasteiger partial charge in [-0.3, -0.25) is 0 Å². The van der Waals surface area contributed by atoms with Crippen LogP contribution in [-0.4, -0.2) is 44.2 Å². The van der Waals surface area contributed by atoms with Crippen LogP contribution in [0.2, 0.25) is 0 Å². The molecular formula is C20H26N6O2. The zero-order valence-electron chi connectivity index (χ0n) is 16.2. The Bertz CT molecular complexity index is 949. The maximum absolute atomic E-state index is 10.0. The first kappa shape index (κ1) is 18.5. The van der Waals surface area contributed by atoms with Crippen LogP contribution in [0, 0.1) is 0 Å². The highest BCUT2D eigenvalue weighted by Crippen LogP contribution is 2.25. The molecule has 3 N–H and O–H groups in total. The molecule has 8 nitrogen and oxygen atoms in total. The zero-order valence-corrected chi connectivity index (χ0v) is 16.2. The molecule has 8 heteroatoms. The fourth-order valence-electron chi connectivity index (χ4n) is 3.37. The standard InChI is InChI=1S/C20H26N6O2/c1-13(2)19-23-24-20-16(21-11-14-6-3-4-8-17(14)27)10-18(25-26(19)20)22-15-7-5-9-28-12-15/h3-4,6,8,10,13,15,21,27H,5,7,9,11-12H2,1-2H3,(H,22,25)/t15-/m1/s1. The molecule has 28 heavy (non-hydrogen) atoms. The van der Waals surface area contributed by atoms with Crippen molar-refractivity contribution < 1.29 is 9.84 Å². The fourth-order valence-corrected chi connectivity index (χ4v) is 3.37. The number of nitrogens with zero attached hydrogens (tertiary/aromatic N) is 4. The molecule has 0 radical (unpaired) electrons. The lowest BCUT2D eigenvalue weighted by atomic mass is 10.1. The third-order valence-corrected chi connectivity index (χ3v) is 4.88. The number of rotatable bonds is 6. The van der Waals surface area contributed by atoms with Gasteiger partial charge < -0.3 is 20.5 Å². The van der Waals surface area contributed by atoms with E-state index in [0.29, 0.717) is 18.8 Å². The Morgan fingerprint density at radius 1 is 1.29 bits per heavy atom. The van der Waals surface area contributed by atoms with Gasteiger partial charge in [-0.1, -0.05) is 32.0 Å². The van der Waals surface area contributed by atoms with E-state index >= 15 is 0 Å². The molecule has 0 saturated carbocycles. The van der Waals surface area contributed by atoms with Crippen molar-refractivity contribution in [2.24, 2.45) is 0 Å². The van der Waals surface area contributed by atoms with Crippen LogP contribution in [0.5, 0.6) is 5.75 Å². The summed E-state index contributed by atoms with van der Waals surface area (Å²) in [5, 5.41) is 30.3. The van der Waals surface area contributed by atoms with Gasteiger partial charge in [-0.05, 0) is 18.9 Å². The smallest absolute Gasteiger partial charge is 0.201 e. The molecule has 1 aliphatic rings. The van der Waals surface area contributed by atoms with Gasteiger partial charge in [-0.25, -0.2) is 0 Å². The Hall–Kier alpha value is -2.87. The molecule has 4 rings (SSSR count). The molecule has 0 unspecified atom stereocenters. The first-order valence-corrected chi connectivity index (χ1v) is 9.73. The van der Waals surface area contributed by atoms with Crippen LogP contribution in [0.25, 0.3) is 5.65 Å². The quantitative estimate of drug-likeness (QED) is 0.602. The summed E-state index contributed by atoms with van der Waals surface area (Å²) in [5.74, 6) is 2.03. The SMILES string of the molecule is CC(C)c1nnc2c(NCc3ccccc3O)cc(N[C@@H]3CCCOC3)nn12. The van der Waals surface area contributed by atoms with E-state index < -0.39 is 0 Å². The number of fused-ring (bicyclic) bond motifs is 1. The Kier molecular flexibility index (Phi) is 5.29. The second-order valence-corrected chi connectivity index (χ2v) is 7.43. The number of hydrogen-bond acceptors (Lipinski definition) is 7. The first-order valence-electron chi connectivity index (χ1n) is 9.73. The normalized spacial score (nSPS) is 17.2. The number of phenolic OH excluding ortho intramolecular Hbond substituents is 1. The molecule has 0 aliphatic carbocycles. The molecule has 1 aromatic carbocycles. The maximum Gasteiger partial charge on any atom is 0.201 e. The molecule has 1 aliphatic heterocycles. The highest BCUT2D eigenvalue weighted by atomic mass is 16.5. The van der Waals surface area contributed by atoms with Gasteiger partial charge in [0.15, 0.2) is 5.82 Å². The van der Waals surface area contributed by atoms with E-state index in [2.05, 4.69) is 34.7 Å². The molecule has 1 fully saturated rings. The van der Waals surface area contributed by atoms with E-state index in [1.165, 1.54) is 0 Å². The van der Waals surface area contributed by atoms with Gasteiger partial charge in [0, 0.05) is 30.7 Å². The Labute approximate surface area is 163 Å². The van der Waals surface area contributed by atoms with E-state index in [-0.39, 0.29) is 17.7 Å². The van der Waals surface area contributed by atoms with Crippen LogP contribution in [0.15, 0.2) is 30.3 Å².